The average Bonchev–Trinajstić information content (AvgIpc) is 3.49. The molecule has 43 heavy (non-hydrogen) atoms. The number of nitrogens with one attached hydrogen (secondary N) is 1. The fraction of sp³-hybridized carbons (Fsp3) is 0.412. The van der Waals surface area contributed by atoms with Gasteiger partial charge in [0.1, 0.15) is 18.3 Å². The molecule has 9 nitrogen and oxygen atoms in total. The Labute approximate surface area is 253 Å². The maximum absolute atomic E-state index is 14.0. The van der Waals surface area contributed by atoms with Gasteiger partial charge in [0.2, 0.25) is 0 Å². The van der Waals surface area contributed by atoms with E-state index in [0.717, 1.165) is 16.7 Å². The maximum atomic E-state index is 14.0. The minimum absolute atomic E-state index is 0.0991. The number of rotatable bonds is 12. The van der Waals surface area contributed by atoms with E-state index in [-0.39, 0.29) is 25.6 Å². The van der Waals surface area contributed by atoms with E-state index in [2.05, 4.69) is 5.32 Å². The van der Waals surface area contributed by atoms with Crippen LogP contribution in [0.15, 0.2) is 91.0 Å². The molecule has 9 heteroatoms. The fourth-order valence-electron chi connectivity index (χ4n) is 5.56. The lowest BCUT2D eigenvalue weighted by molar-refractivity contribution is -0.226. The zero-order valence-corrected chi connectivity index (χ0v) is 24.9. The number of fused-ring (bicyclic) bond motifs is 1. The van der Waals surface area contributed by atoms with E-state index in [4.69, 9.17) is 23.7 Å². The lowest BCUT2D eigenvalue weighted by Gasteiger charge is -2.38. The van der Waals surface area contributed by atoms with Gasteiger partial charge in [0.15, 0.2) is 12.1 Å². The summed E-state index contributed by atoms with van der Waals surface area (Å²) in [5.74, 6) is -1.31. The minimum atomic E-state index is -0.873. The van der Waals surface area contributed by atoms with Crippen LogP contribution in [0.5, 0.6) is 0 Å². The molecule has 1 unspecified atom stereocenters. The molecule has 3 aromatic carbocycles. The average molecular weight is 589 g/mol. The van der Waals surface area contributed by atoms with Gasteiger partial charge in [-0.3, -0.25) is 4.79 Å². The van der Waals surface area contributed by atoms with Crippen molar-refractivity contribution in [3.63, 3.8) is 0 Å². The van der Waals surface area contributed by atoms with Crippen molar-refractivity contribution in [2.24, 2.45) is 0 Å². The second kappa shape index (κ2) is 14.1. The van der Waals surface area contributed by atoms with Crippen LogP contribution in [0.1, 0.15) is 43.9 Å². The van der Waals surface area contributed by atoms with Gasteiger partial charge in [0, 0.05) is 13.1 Å². The standard InChI is InChI=1S/C34H40N2O7/c1-4-39-28(37)20-27(36(22-25-16-10-6-11-17-25)33(38)35-21-24-14-8-5-9-15-24)29-30(40-23-26-18-12-7-13-19-26)31-32(41-29)43-34(2,3)42-31/h5-19,27,29-32H,4,20-23H2,1-3H3,(H,35,38)/t27?,29-,30+,31-,32-/m1/s1. The summed E-state index contributed by atoms with van der Waals surface area (Å²) < 4.78 is 30.7. The Morgan fingerprint density at radius 3 is 2.12 bits per heavy atom. The van der Waals surface area contributed by atoms with Crippen LogP contribution in [0.25, 0.3) is 0 Å². The van der Waals surface area contributed by atoms with Gasteiger partial charge in [-0.2, -0.15) is 0 Å². The highest BCUT2D eigenvalue weighted by Crippen LogP contribution is 2.41. The van der Waals surface area contributed by atoms with Gasteiger partial charge in [-0.15, -0.1) is 0 Å². The molecule has 5 rings (SSSR count). The molecule has 0 saturated carbocycles. The van der Waals surface area contributed by atoms with E-state index in [1.165, 1.54) is 0 Å². The first-order valence-electron chi connectivity index (χ1n) is 14.8. The predicted octanol–water partition coefficient (Wildman–Crippen LogP) is 5.18. The van der Waals surface area contributed by atoms with Crippen LogP contribution in [0.3, 0.4) is 0 Å². The summed E-state index contributed by atoms with van der Waals surface area (Å²) in [7, 11) is 0. The molecule has 2 heterocycles. The van der Waals surface area contributed by atoms with Crippen molar-refractivity contribution in [3.05, 3.63) is 108 Å². The van der Waals surface area contributed by atoms with Gasteiger partial charge in [-0.1, -0.05) is 91.0 Å². The maximum Gasteiger partial charge on any atom is 0.318 e. The zero-order valence-electron chi connectivity index (χ0n) is 24.9. The second-order valence-electron chi connectivity index (χ2n) is 11.2. The second-order valence-corrected chi connectivity index (χ2v) is 11.2. The molecule has 5 atom stereocenters. The van der Waals surface area contributed by atoms with E-state index in [0.29, 0.717) is 13.2 Å². The zero-order chi connectivity index (χ0) is 30.2. The molecule has 1 N–H and O–H groups in total. The number of urea groups is 1. The van der Waals surface area contributed by atoms with Crippen LogP contribution >= 0.6 is 0 Å². The van der Waals surface area contributed by atoms with Crippen molar-refractivity contribution in [2.75, 3.05) is 6.61 Å². The van der Waals surface area contributed by atoms with Crippen molar-refractivity contribution in [2.45, 2.75) is 83.3 Å². The smallest absolute Gasteiger partial charge is 0.318 e. The highest BCUT2D eigenvalue weighted by Gasteiger charge is 2.58. The van der Waals surface area contributed by atoms with Crippen LogP contribution in [0.4, 0.5) is 4.79 Å². The Kier molecular flexibility index (Phi) is 10.1. The van der Waals surface area contributed by atoms with Crippen LogP contribution in [-0.4, -0.2) is 59.9 Å². The van der Waals surface area contributed by atoms with E-state index in [1.54, 1.807) is 11.8 Å². The van der Waals surface area contributed by atoms with Gasteiger partial charge < -0.3 is 33.9 Å². The highest BCUT2D eigenvalue weighted by atomic mass is 16.8. The Morgan fingerprint density at radius 2 is 1.49 bits per heavy atom. The predicted molar refractivity (Wildman–Crippen MR) is 159 cm³/mol. The van der Waals surface area contributed by atoms with Gasteiger partial charge in [0.25, 0.3) is 0 Å². The van der Waals surface area contributed by atoms with Gasteiger partial charge in [0.05, 0.1) is 25.7 Å². The summed E-state index contributed by atoms with van der Waals surface area (Å²) in [5.41, 5.74) is 2.84. The molecule has 3 aromatic rings. The number of ether oxygens (including phenoxy) is 5. The third-order valence-electron chi connectivity index (χ3n) is 7.52. The Morgan fingerprint density at radius 1 is 0.884 bits per heavy atom. The number of carbonyl (C=O) groups excluding carboxylic acids is 2. The van der Waals surface area contributed by atoms with E-state index >= 15 is 0 Å². The molecule has 2 fully saturated rings. The highest BCUT2D eigenvalue weighted by molar-refractivity contribution is 5.76. The third-order valence-corrected chi connectivity index (χ3v) is 7.52. The molecular weight excluding hydrogens is 548 g/mol. The molecule has 2 aliphatic rings. The number of benzene rings is 3. The lowest BCUT2D eigenvalue weighted by Crippen LogP contribution is -2.55. The number of carbonyl (C=O) groups is 2. The Balaban J connectivity index is 1.47. The molecule has 0 spiro atoms. The van der Waals surface area contributed by atoms with Crippen molar-refractivity contribution in [1.82, 2.24) is 10.2 Å². The molecule has 0 radical (unpaired) electrons. The first kappa shape index (κ1) is 30.7. The van der Waals surface area contributed by atoms with Crippen LogP contribution < -0.4 is 5.32 Å². The van der Waals surface area contributed by atoms with Crippen molar-refractivity contribution < 1.29 is 33.3 Å². The van der Waals surface area contributed by atoms with Crippen molar-refractivity contribution >= 4 is 12.0 Å². The van der Waals surface area contributed by atoms with Crippen LogP contribution in [0, 0.1) is 0 Å². The van der Waals surface area contributed by atoms with E-state index in [9.17, 15) is 9.59 Å². The third kappa shape index (κ3) is 8.00. The fourth-order valence-corrected chi connectivity index (χ4v) is 5.56. The summed E-state index contributed by atoms with van der Waals surface area (Å²) in [4.78, 5) is 28.7. The van der Waals surface area contributed by atoms with Crippen molar-refractivity contribution in [1.29, 1.82) is 0 Å². The molecule has 0 bridgehead atoms. The van der Waals surface area contributed by atoms with Gasteiger partial charge >= 0.3 is 12.0 Å². The SMILES string of the molecule is CCOC(=O)CC([C@H]1O[C@@H]2OC(C)(C)O[C@@H]2[C@H]1OCc1ccccc1)N(Cc1ccccc1)C(=O)NCc1ccccc1. The van der Waals surface area contributed by atoms with E-state index in [1.807, 2.05) is 105 Å². The van der Waals surface area contributed by atoms with Gasteiger partial charge in [-0.25, -0.2) is 4.79 Å². The minimum Gasteiger partial charge on any atom is -0.466 e. The molecule has 2 aliphatic heterocycles. The number of hydrogen-bond donors (Lipinski definition) is 1. The number of hydrogen-bond acceptors (Lipinski definition) is 7. The van der Waals surface area contributed by atoms with Crippen LogP contribution in [-0.2, 0) is 48.2 Å². The molecule has 2 saturated heterocycles. The first-order valence-corrected chi connectivity index (χ1v) is 14.8. The molecular formula is C34H40N2O7. The normalized spacial score (nSPS) is 22.9. The molecule has 2 amide bonds. The topological polar surface area (TPSA) is 95.6 Å². The lowest BCUT2D eigenvalue weighted by atomic mass is 9.98. The summed E-state index contributed by atoms with van der Waals surface area (Å²) in [6, 6.07) is 28.0. The monoisotopic (exact) mass is 588 g/mol. The van der Waals surface area contributed by atoms with Gasteiger partial charge in [-0.05, 0) is 37.5 Å². The molecule has 0 aromatic heterocycles. The van der Waals surface area contributed by atoms with E-state index < -0.39 is 42.4 Å². The Hall–Kier alpha value is -3.76. The summed E-state index contributed by atoms with van der Waals surface area (Å²) in [6.45, 7) is 6.48. The largest absolute Gasteiger partial charge is 0.466 e. The summed E-state index contributed by atoms with van der Waals surface area (Å²) >= 11 is 0. The molecule has 0 aliphatic carbocycles. The quantitative estimate of drug-likeness (QED) is 0.291. The number of esters is 1. The molecule has 228 valence electrons. The van der Waals surface area contributed by atoms with Crippen LogP contribution in [0.2, 0.25) is 0 Å². The number of nitrogens with zero attached hydrogens (tertiary/aromatic N) is 1. The van der Waals surface area contributed by atoms with Crippen molar-refractivity contribution in [3.8, 4) is 0 Å². The Bertz CT molecular complexity index is 1320. The summed E-state index contributed by atoms with van der Waals surface area (Å²) in [5, 5.41) is 3.04. The first-order chi connectivity index (χ1) is 20.8. The summed E-state index contributed by atoms with van der Waals surface area (Å²) in [6.07, 6.45) is -2.76. The number of amides is 2.